The number of rotatable bonds is 3. The van der Waals surface area contributed by atoms with E-state index in [0.29, 0.717) is 0 Å². The summed E-state index contributed by atoms with van der Waals surface area (Å²) in [6.45, 7) is 0. The molecule has 0 aromatic rings. The molecule has 0 unspecified atom stereocenters. The molecule has 96 valence electrons. The smallest absolute Gasteiger partial charge is 0.308 e. The number of amides is 1. The Morgan fingerprint density at radius 1 is 1.00 bits per heavy atom. The Bertz CT molecular complexity index is 291. The number of carbonyl (C=O) groups excluding carboxylic acids is 2. The van der Waals surface area contributed by atoms with Crippen molar-refractivity contribution in [2.45, 2.75) is 51.0 Å². The minimum atomic E-state index is -0.103. The average Bonchev–Trinajstić information content (AvgIpc) is 2.26. The second-order valence-corrected chi connectivity index (χ2v) is 5.21. The molecule has 4 nitrogen and oxygen atoms in total. The van der Waals surface area contributed by atoms with E-state index >= 15 is 0 Å². The number of nitrogens with one attached hydrogen (secondary N) is 1. The van der Waals surface area contributed by atoms with E-state index in [1.807, 2.05) is 0 Å². The zero-order chi connectivity index (χ0) is 12.3. The molecule has 0 bridgehead atoms. The van der Waals surface area contributed by atoms with Crippen LogP contribution in [0.2, 0.25) is 0 Å². The lowest BCUT2D eigenvalue weighted by Crippen LogP contribution is -2.43. The molecule has 0 radical (unpaired) electrons. The molecule has 2 aliphatic carbocycles. The van der Waals surface area contributed by atoms with Crippen LogP contribution in [0.25, 0.3) is 0 Å². The summed E-state index contributed by atoms with van der Waals surface area (Å²) in [6, 6.07) is 0.268. The lowest BCUT2D eigenvalue weighted by molar-refractivity contribution is -0.146. The lowest BCUT2D eigenvalue weighted by atomic mass is 9.83. The number of carbonyl (C=O) groups is 2. The molecule has 1 N–H and O–H groups in total. The largest absolute Gasteiger partial charge is 0.469 e. The van der Waals surface area contributed by atoms with Crippen LogP contribution in [0, 0.1) is 11.8 Å². The fourth-order valence-electron chi connectivity index (χ4n) is 2.63. The fraction of sp³-hybridized carbons (Fsp3) is 0.846. The Labute approximate surface area is 102 Å². The second kappa shape index (κ2) is 5.52. The van der Waals surface area contributed by atoms with Gasteiger partial charge >= 0.3 is 5.97 Å². The molecule has 2 fully saturated rings. The molecule has 1 amide bonds. The van der Waals surface area contributed by atoms with E-state index in [4.69, 9.17) is 4.74 Å². The summed E-state index contributed by atoms with van der Waals surface area (Å²) in [7, 11) is 1.44. The van der Waals surface area contributed by atoms with Crippen LogP contribution in [0.15, 0.2) is 0 Å². The summed E-state index contributed by atoms with van der Waals surface area (Å²) >= 11 is 0. The highest BCUT2D eigenvalue weighted by atomic mass is 16.5. The van der Waals surface area contributed by atoms with Crippen molar-refractivity contribution in [2.24, 2.45) is 11.8 Å². The monoisotopic (exact) mass is 239 g/mol. The Hall–Kier alpha value is -1.06. The van der Waals surface area contributed by atoms with E-state index in [0.717, 1.165) is 38.5 Å². The first-order valence-electron chi connectivity index (χ1n) is 6.59. The molecule has 2 aliphatic rings. The number of hydrogen-bond donors (Lipinski definition) is 1. The van der Waals surface area contributed by atoms with Gasteiger partial charge in [-0.2, -0.15) is 0 Å². The molecular weight excluding hydrogens is 218 g/mol. The highest BCUT2D eigenvalue weighted by Gasteiger charge is 2.30. The van der Waals surface area contributed by atoms with Crippen LogP contribution in [-0.4, -0.2) is 25.0 Å². The average molecular weight is 239 g/mol. The van der Waals surface area contributed by atoms with E-state index in [9.17, 15) is 9.59 Å². The lowest BCUT2D eigenvalue weighted by Gasteiger charge is -2.31. The van der Waals surface area contributed by atoms with Crippen molar-refractivity contribution in [1.82, 2.24) is 5.32 Å². The van der Waals surface area contributed by atoms with Gasteiger partial charge in [-0.05, 0) is 38.5 Å². The van der Waals surface area contributed by atoms with E-state index in [-0.39, 0.29) is 29.8 Å². The molecule has 0 spiro atoms. The normalized spacial score (nSPS) is 29.2. The second-order valence-electron chi connectivity index (χ2n) is 5.21. The van der Waals surface area contributed by atoms with Crippen molar-refractivity contribution < 1.29 is 14.3 Å². The van der Waals surface area contributed by atoms with Gasteiger partial charge in [0.05, 0.1) is 13.0 Å². The van der Waals surface area contributed by atoms with Gasteiger partial charge in [0, 0.05) is 12.0 Å². The van der Waals surface area contributed by atoms with Gasteiger partial charge in [0.15, 0.2) is 0 Å². The number of hydrogen-bond acceptors (Lipinski definition) is 3. The Morgan fingerprint density at radius 3 is 2.12 bits per heavy atom. The fourth-order valence-corrected chi connectivity index (χ4v) is 2.63. The zero-order valence-electron chi connectivity index (χ0n) is 10.4. The molecule has 0 heterocycles. The molecule has 17 heavy (non-hydrogen) atoms. The third-order valence-electron chi connectivity index (χ3n) is 4.08. The molecule has 0 aliphatic heterocycles. The van der Waals surface area contributed by atoms with E-state index < -0.39 is 0 Å². The summed E-state index contributed by atoms with van der Waals surface area (Å²) < 4.78 is 4.74. The van der Waals surface area contributed by atoms with Crippen LogP contribution < -0.4 is 5.32 Å². The topological polar surface area (TPSA) is 55.4 Å². The van der Waals surface area contributed by atoms with Crippen molar-refractivity contribution in [3.8, 4) is 0 Å². The molecule has 2 rings (SSSR count). The van der Waals surface area contributed by atoms with Crippen molar-refractivity contribution in [1.29, 1.82) is 0 Å². The Morgan fingerprint density at radius 2 is 1.65 bits per heavy atom. The van der Waals surface area contributed by atoms with Crippen LogP contribution in [0.3, 0.4) is 0 Å². The first-order chi connectivity index (χ1) is 8.20. The minimum Gasteiger partial charge on any atom is -0.469 e. The SMILES string of the molecule is COC(=O)C1CCC(NC(=O)C2CCC2)CC1. The third kappa shape index (κ3) is 2.99. The third-order valence-corrected chi connectivity index (χ3v) is 4.08. The summed E-state index contributed by atoms with van der Waals surface area (Å²) in [4.78, 5) is 23.1. The van der Waals surface area contributed by atoms with Crippen LogP contribution in [0.4, 0.5) is 0 Å². The molecule has 4 heteroatoms. The van der Waals surface area contributed by atoms with Crippen LogP contribution in [0.5, 0.6) is 0 Å². The minimum absolute atomic E-state index is 0.0388. The molecule has 0 aromatic heterocycles. The molecular formula is C13H21NO3. The number of methoxy groups -OCH3 is 1. The van der Waals surface area contributed by atoms with Crippen LogP contribution in [0.1, 0.15) is 44.9 Å². The van der Waals surface area contributed by atoms with Gasteiger partial charge < -0.3 is 10.1 Å². The van der Waals surface area contributed by atoms with Gasteiger partial charge in [-0.25, -0.2) is 0 Å². The van der Waals surface area contributed by atoms with Gasteiger partial charge in [-0.15, -0.1) is 0 Å². The first-order valence-corrected chi connectivity index (χ1v) is 6.59. The van der Waals surface area contributed by atoms with Crippen molar-refractivity contribution >= 4 is 11.9 Å². The maximum absolute atomic E-state index is 11.8. The highest BCUT2D eigenvalue weighted by Crippen LogP contribution is 2.29. The van der Waals surface area contributed by atoms with Gasteiger partial charge in [0.25, 0.3) is 0 Å². The van der Waals surface area contributed by atoms with E-state index in [1.54, 1.807) is 0 Å². The maximum atomic E-state index is 11.8. The van der Waals surface area contributed by atoms with Crippen molar-refractivity contribution in [3.63, 3.8) is 0 Å². The quantitative estimate of drug-likeness (QED) is 0.762. The molecule has 0 aromatic carbocycles. The summed E-state index contributed by atoms with van der Waals surface area (Å²) in [5.41, 5.74) is 0. The summed E-state index contributed by atoms with van der Waals surface area (Å²) in [5.74, 6) is 0.414. The summed E-state index contributed by atoms with van der Waals surface area (Å²) in [6.07, 6.45) is 6.75. The van der Waals surface area contributed by atoms with Gasteiger partial charge in [-0.3, -0.25) is 9.59 Å². The maximum Gasteiger partial charge on any atom is 0.308 e. The van der Waals surface area contributed by atoms with Gasteiger partial charge in [-0.1, -0.05) is 6.42 Å². The van der Waals surface area contributed by atoms with Crippen LogP contribution >= 0.6 is 0 Å². The first kappa shape index (κ1) is 12.4. The van der Waals surface area contributed by atoms with Crippen molar-refractivity contribution in [2.75, 3.05) is 7.11 Å². The van der Waals surface area contributed by atoms with Gasteiger partial charge in [0.2, 0.25) is 5.91 Å². The van der Waals surface area contributed by atoms with Gasteiger partial charge in [0.1, 0.15) is 0 Å². The molecule has 0 saturated heterocycles. The van der Waals surface area contributed by atoms with Crippen molar-refractivity contribution in [3.05, 3.63) is 0 Å². The standard InChI is InChI=1S/C13H21NO3/c1-17-13(16)10-5-7-11(8-6-10)14-12(15)9-3-2-4-9/h9-11H,2-8H2,1H3,(H,14,15). The number of ether oxygens (including phenoxy) is 1. The van der Waals surface area contributed by atoms with E-state index in [1.165, 1.54) is 13.5 Å². The highest BCUT2D eigenvalue weighted by molar-refractivity contribution is 5.79. The van der Waals surface area contributed by atoms with Crippen LogP contribution in [-0.2, 0) is 14.3 Å². The van der Waals surface area contributed by atoms with E-state index in [2.05, 4.69) is 5.32 Å². The molecule has 0 atom stereocenters. The number of esters is 1. The molecule has 2 saturated carbocycles. The summed E-state index contributed by atoms with van der Waals surface area (Å²) in [5, 5.41) is 3.11. The predicted molar refractivity (Wildman–Crippen MR) is 63.2 cm³/mol. The zero-order valence-corrected chi connectivity index (χ0v) is 10.4. The predicted octanol–water partition coefficient (Wildman–Crippen LogP) is 1.63. The Kier molecular flexibility index (Phi) is 4.02. The Balaban J connectivity index is 1.71.